The number of aliphatic imine (C=N–C) groups is 1. The van der Waals surface area contributed by atoms with Crippen LogP contribution in [0.25, 0.3) is 0 Å². The van der Waals surface area contributed by atoms with Gasteiger partial charge in [-0.05, 0) is 71.1 Å². The number of alkyl carbamates (subject to hydrolysis) is 2. The normalized spacial score (nSPS) is 26.2. The van der Waals surface area contributed by atoms with E-state index in [-0.39, 0.29) is 25.4 Å². The van der Waals surface area contributed by atoms with Gasteiger partial charge in [0.15, 0.2) is 0 Å². The van der Waals surface area contributed by atoms with Gasteiger partial charge in [0, 0.05) is 18.4 Å². The number of ether oxygens (including phenoxy) is 2. The van der Waals surface area contributed by atoms with Gasteiger partial charge in [-0.2, -0.15) is 0 Å². The van der Waals surface area contributed by atoms with E-state index < -0.39 is 85.8 Å². The molecule has 4 aliphatic carbocycles. The summed E-state index contributed by atoms with van der Waals surface area (Å²) in [5.74, 6) is -2.72. The summed E-state index contributed by atoms with van der Waals surface area (Å²) in [5, 5.41) is 7.60. The van der Waals surface area contributed by atoms with Crippen molar-refractivity contribution in [3.8, 4) is 0 Å². The maximum Gasteiger partial charge on any atom is 0.408 e. The Morgan fingerprint density at radius 1 is 0.911 bits per heavy atom. The highest BCUT2D eigenvalue weighted by Gasteiger charge is 2.62. The first-order valence-corrected chi connectivity index (χ1v) is 21.6. The van der Waals surface area contributed by atoms with Crippen LogP contribution in [-0.4, -0.2) is 103 Å². The molecule has 56 heavy (non-hydrogen) atoms. The molecule has 4 saturated carbocycles. The van der Waals surface area contributed by atoms with E-state index in [2.05, 4.69) is 32.2 Å². The van der Waals surface area contributed by atoms with Crippen molar-refractivity contribution in [1.82, 2.24) is 25.6 Å². The Hall–Kier alpha value is -3.98. The van der Waals surface area contributed by atoms with Crippen molar-refractivity contribution in [3.63, 3.8) is 0 Å². The number of nitrogens with one attached hydrogen (secondary N) is 4. The zero-order chi connectivity index (χ0) is 41.5. The third-order valence-corrected chi connectivity index (χ3v) is 12.7. The summed E-state index contributed by atoms with van der Waals surface area (Å²) >= 11 is 0. The van der Waals surface area contributed by atoms with E-state index >= 15 is 0 Å². The Morgan fingerprint density at radius 2 is 1.52 bits per heavy atom. The van der Waals surface area contributed by atoms with Crippen molar-refractivity contribution >= 4 is 46.0 Å². The van der Waals surface area contributed by atoms with Crippen LogP contribution in [0.2, 0.25) is 0 Å². The van der Waals surface area contributed by atoms with Gasteiger partial charge < -0.3 is 30.3 Å². The molecule has 1 unspecified atom stereocenters. The fraction of sp³-hybridized carbons (Fsp3) is 0.795. The van der Waals surface area contributed by atoms with E-state index in [0.717, 1.165) is 44.9 Å². The maximum absolute atomic E-state index is 14.2. The van der Waals surface area contributed by atoms with Crippen LogP contribution >= 0.6 is 0 Å². The number of hydrogen-bond donors (Lipinski definition) is 4. The number of hydrogen-bond acceptors (Lipinski definition) is 11. The van der Waals surface area contributed by atoms with E-state index in [0.29, 0.717) is 18.9 Å². The molecule has 0 aromatic carbocycles. The van der Waals surface area contributed by atoms with E-state index in [1.54, 1.807) is 47.6 Å². The molecule has 5 rings (SSSR count). The Balaban J connectivity index is 0.000000678. The topological polar surface area (TPSA) is 219 Å². The Bertz CT molecular complexity index is 1620. The predicted molar refractivity (Wildman–Crippen MR) is 207 cm³/mol. The lowest BCUT2D eigenvalue weighted by atomic mass is 9.85. The van der Waals surface area contributed by atoms with Gasteiger partial charge >= 0.3 is 12.2 Å². The minimum atomic E-state index is -3.89. The maximum atomic E-state index is 14.2. The molecule has 5 amide bonds. The number of carbonyl (C=O) groups excluding carboxylic acids is 6. The first-order chi connectivity index (χ1) is 26.2. The summed E-state index contributed by atoms with van der Waals surface area (Å²) in [6.45, 7) is 13.9. The van der Waals surface area contributed by atoms with Crippen molar-refractivity contribution in [2.24, 2.45) is 16.3 Å². The van der Waals surface area contributed by atoms with Crippen molar-refractivity contribution in [1.29, 1.82) is 0 Å². The highest BCUT2D eigenvalue weighted by Crippen LogP contribution is 2.45. The van der Waals surface area contributed by atoms with Crippen LogP contribution in [0, 0.1) is 11.3 Å². The molecule has 1 saturated heterocycles. The van der Waals surface area contributed by atoms with Crippen molar-refractivity contribution in [2.45, 2.75) is 178 Å². The minimum Gasteiger partial charge on any atom is -0.444 e. The van der Waals surface area contributed by atoms with Crippen LogP contribution in [0.5, 0.6) is 0 Å². The molecule has 0 aromatic heterocycles. The van der Waals surface area contributed by atoms with Gasteiger partial charge in [0.25, 0.3) is 5.91 Å². The fourth-order valence-corrected chi connectivity index (χ4v) is 8.88. The van der Waals surface area contributed by atoms with E-state index in [4.69, 9.17) is 9.47 Å². The second-order valence-corrected chi connectivity index (χ2v) is 19.8. The molecule has 0 spiro atoms. The number of likely N-dealkylation sites (tertiary alicyclic amines) is 1. The number of carbonyl (C=O) groups is 5. The van der Waals surface area contributed by atoms with Gasteiger partial charge in [0.1, 0.15) is 29.3 Å². The molecule has 5 atom stereocenters. The molecule has 4 N–H and O–H groups in total. The molecular formula is C39H62N6O10S. The largest absolute Gasteiger partial charge is 0.444 e. The molecule has 0 bridgehead atoms. The lowest BCUT2D eigenvalue weighted by molar-refractivity contribution is -0.143. The first-order valence-electron chi connectivity index (χ1n) is 20.0. The lowest BCUT2D eigenvalue weighted by Crippen LogP contribution is -2.60. The summed E-state index contributed by atoms with van der Waals surface area (Å²) in [6, 6.07) is -2.05. The number of amides is 5. The Kier molecular flexibility index (Phi) is 14.8. The van der Waals surface area contributed by atoms with Crippen LogP contribution in [-0.2, 0) is 38.7 Å². The smallest absolute Gasteiger partial charge is 0.408 e. The average molecular weight is 807 g/mol. The predicted octanol–water partition coefficient (Wildman–Crippen LogP) is 4.28. The summed E-state index contributed by atoms with van der Waals surface area (Å²) in [7, 11) is -3.89. The molecule has 5 aliphatic rings. The van der Waals surface area contributed by atoms with Crippen LogP contribution in [0.4, 0.5) is 9.59 Å². The monoisotopic (exact) mass is 806 g/mol. The quantitative estimate of drug-likeness (QED) is 0.132. The third kappa shape index (κ3) is 12.5. The van der Waals surface area contributed by atoms with Gasteiger partial charge in [-0.15, -0.1) is 6.58 Å². The summed E-state index contributed by atoms with van der Waals surface area (Å²) in [5.41, 5.74) is -3.22. The molecule has 17 heteroatoms. The van der Waals surface area contributed by atoms with Gasteiger partial charge in [0.2, 0.25) is 27.9 Å². The standard InChI is InChI=1S/C32H51N5O9S.C7H11NO/c1-8-19-17-32(19,27(40)36-47(43,44)22-14-15-22)35-25(38)23-16-21(45-28(41)33-20-12-10-9-11-13-20)18-37(23)26(39)24(30(2,3)4)34-29(42)46-31(5,6)7;9-6-8-7-4-2-1-3-5-7/h8,19-24H,1,9-18H2,2-7H3,(H,33,41)(H,34,42)(H,35,38)(H,36,40);7H,1-5H2/t19?,21-,23+,24-,32-;/m1./s1. The van der Waals surface area contributed by atoms with Crippen LogP contribution in [0.3, 0.4) is 0 Å². The van der Waals surface area contributed by atoms with Crippen molar-refractivity contribution in [3.05, 3.63) is 12.7 Å². The van der Waals surface area contributed by atoms with E-state index in [1.165, 1.54) is 30.2 Å². The molecule has 16 nitrogen and oxygen atoms in total. The van der Waals surface area contributed by atoms with Gasteiger partial charge in [-0.1, -0.05) is 65.4 Å². The molecule has 0 radical (unpaired) electrons. The number of sulfonamides is 1. The average Bonchev–Trinajstić information content (AvgIpc) is 4.04. The summed E-state index contributed by atoms with van der Waals surface area (Å²) in [4.78, 5) is 81.9. The van der Waals surface area contributed by atoms with E-state index in [9.17, 15) is 37.2 Å². The SMILES string of the molecule is C=CC1C[C@]1(NC(=O)[C@@H]1C[C@@H](OC(=O)NC2CCCCC2)CN1C(=O)[C@@H](NC(=O)OC(C)(C)C)C(C)(C)C)C(=O)NS(=O)(=O)C1CC1.O=C=NC1CCCCC1. The Labute approximate surface area is 331 Å². The molecule has 1 heterocycles. The van der Waals surface area contributed by atoms with Crippen LogP contribution in [0.1, 0.15) is 131 Å². The summed E-state index contributed by atoms with van der Waals surface area (Å²) in [6.07, 6.45) is 12.5. The van der Waals surface area contributed by atoms with Gasteiger partial charge in [-0.25, -0.2) is 27.8 Å². The molecule has 5 fully saturated rings. The number of rotatable bonds is 11. The fourth-order valence-electron chi connectivity index (χ4n) is 7.52. The lowest BCUT2D eigenvalue weighted by Gasteiger charge is -2.36. The number of isocyanates is 1. The minimum absolute atomic E-state index is 0.0197. The molecule has 314 valence electrons. The number of nitrogens with zero attached hydrogens (tertiary/aromatic N) is 2. The van der Waals surface area contributed by atoms with Gasteiger partial charge in [0.05, 0.1) is 17.8 Å². The second kappa shape index (κ2) is 18.5. The summed E-state index contributed by atoms with van der Waals surface area (Å²) < 4.78 is 38.4. The third-order valence-electron chi connectivity index (χ3n) is 10.9. The zero-order valence-corrected chi connectivity index (χ0v) is 34.6. The highest BCUT2D eigenvalue weighted by molar-refractivity contribution is 7.91. The molecular weight excluding hydrogens is 745 g/mol. The second-order valence-electron chi connectivity index (χ2n) is 17.9. The van der Waals surface area contributed by atoms with Crippen molar-refractivity contribution < 1.29 is 46.7 Å². The molecule has 0 aromatic rings. The first kappa shape index (κ1) is 44.7. The van der Waals surface area contributed by atoms with Gasteiger partial charge in [-0.3, -0.25) is 19.1 Å². The van der Waals surface area contributed by atoms with Crippen LogP contribution in [0.15, 0.2) is 17.6 Å². The Morgan fingerprint density at radius 3 is 2.04 bits per heavy atom. The van der Waals surface area contributed by atoms with Crippen LogP contribution < -0.4 is 20.7 Å². The van der Waals surface area contributed by atoms with E-state index in [1.807, 2.05) is 0 Å². The highest BCUT2D eigenvalue weighted by atomic mass is 32.2. The van der Waals surface area contributed by atoms with Crippen molar-refractivity contribution in [2.75, 3.05) is 6.54 Å². The molecule has 1 aliphatic heterocycles. The zero-order valence-electron chi connectivity index (χ0n) is 33.8.